The van der Waals surface area contributed by atoms with Crippen molar-refractivity contribution in [1.29, 1.82) is 0 Å². The molecular weight excluding hydrogens is 390 g/mol. The van der Waals surface area contributed by atoms with Crippen molar-refractivity contribution in [3.05, 3.63) is 48.5 Å². The van der Waals surface area contributed by atoms with E-state index in [2.05, 4.69) is 22.6 Å². The molecule has 152 valence electrons. The zero-order valence-corrected chi connectivity index (χ0v) is 17.0. The SMILES string of the molecule is CC1CCN(S(=O)(=O)c2ccc(NC(=O)Cn3nnc4ccccc43)cc2)CC1. The molecule has 1 saturated heterocycles. The summed E-state index contributed by atoms with van der Waals surface area (Å²) in [5.74, 6) is 0.294. The lowest BCUT2D eigenvalue weighted by Gasteiger charge is -2.29. The number of fused-ring (bicyclic) bond motifs is 1. The van der Waals surface area contributed by atoms with E-state index in [1.165, 1.54) is 21.1 Å². The lowest BCUT2D eigenvalue weighted by molar-refractivity contribution is -0.116. The Morgan fingerprint density at radius 2 is 1.79 bits per heavy atom. The van der Waals surface area contributed by atoms with Crippen LogP contribution in [0.25, 0.3) is 11.0 Å². The summed E-state index contributed by atoms with van der Waals surface area (Å²) in [4.78, 5) is 12.6. The van der Waals surface area contributed by atoms with Crippen LogP contribution in [0, 0.1) is 5.92 Å². The van der Waals surface area contributed by atoms with E-state index in [0.29, 0.717) is 24.7 Å². The minimum Gasteiger partial charge on any atom is -0.324 e. The number of aromatic nitrogens is 3. The summed E-state index contributed by atoms with van der Waals surface area (Å²) in [7, 11) is -3.50. The third-order valence-electron chi connectivity index (χ3n) is 5.23. The summed E-state index contributed by atoms with van der Waals surface area (Å²) in [6.45, 7) is 3.26. The molecule has 0 aliphatic carbocycles. The Morgan fingerprint density at radius 1 is 1.10 bits per heavy atom. The highest BCUT2D eigenvalue weighted by Crippen LogP contribution is 2.24. The Kier molecular flexibility index (Phi) is 5.33. The Hall–Kier alpha value is -2.78. The van der Waals surface area contributed by atoms with Gasteiger partial charge in [-0.3, -0.25) is 4.79 Å². The summed E-state index contributed by atoms with van der Waals surface area (Å²) < 4.78 is 28.6. The first-order valence-corrected chi connectivity index (χ1v) is 11.1. The van der Waals surface area contributed by atoms with Gasteiger partial charge in [-0.1, -0.05) is 24.3 Å². The summed E-state index contributed by atoms with van der Waals surface area (Å²) in [5, 5.41) is 10.8. The molecule has 9 heteroatoms. The number of para-hydroxylation sites is 1. The van der Waals surface area contributed by atoms with Gasteiger partial charge in [-0.25, -0.2) is 13.1 Å². The predicted octanol–water partition coefficient (Wildman–Crippen LogP) is 2.49. The van der Waals surface area contributed by atoms with Crippen LogP contribution in [-0.4, -0.2) is 46.7 Å². The predicted molar refractivity (Wildman–Crippen MR) is 110 cm³/mol. The largest absolute Gasteiger partial charge is 0.324 e. The van der Waals surface area contributed by atoms with E-state index in [4.69, 9.17) is 0 Å². The van der Waals surface area contributed by atoms with E-state index < -0.39 is 10.0 Å². The maximum absolute atomic E-state index is 12.8. The molecule has 0 atom stereocenters. The van der Waals surface area contributed by atoms with Crippen molar-refractivity contribution in [1.82, 2.24) is 19.3 Å². The number of hydrogen-bond donors (Lipinski definition) is 1. The Morgan fingerprint density at radius 3 is 2.52 bits per heavy atom. The Labute approximate surface area is 169 Å². The van der Waals surface area contributed by atoms with Gasteiger partial charge in [0.1, 0.15) is 12.1 Å². The fourth-order valence-corrected chi connectivity index (χ4v) is 4.92. The van der Waals surface area contributed by atoms with Crippen LogP contribution in [0.1, 0.15) is 19.8 Å². The van der Waals surface area contributed by atoms with Gasteiger partial charge in [0.15, 0.2) is 0 Å². The highest BCUT2D eigenvalue weighted by molar-refractivity contribution is 7.89. The Bertz CT molecular complexity index is 1120. The van der Waals surface area contributed by atoms with Crippen molar-refractivity contribution in [2.24, 2.45) is 5.92 Å². The summed E-state index contributed by atoms with van der Waals surface area (Å²) in [6, 6.07) is 13.7. The standard InChI is InChI=1S/C20H23N5O3S/c1-15-10-12-24(13-11-15)29(27,28)17-8-6-16(7-9-17)21-20(26)14-25-19-5-3-2-4-18(19)22-23-25/h2-9,15H,10-14H2,1H3,(H,21,26). The van der Waals surface area contributed by atoms with Crippen molar-refractivity contribution in [3.63, 3.8) is 0 Å². The van der Waals surface area contributed by atoms with Gasteiger partial charge in [0.25, 0.3) is 0 Å². The van der Waals surface area contributed by atoms with E-state index in [-0.39, 0.29) is 17.3 Å². The van der Waals surface area contributed by atoms with Gasteiger partial charge in [0, 0.05) is 18.8 Å². The average molecular weight is 414 g/mol. The lowest BCUT2D eigenvalue weighted by atomic mass is 10.0. The molecule has 0 spiro atoms. The molecule has 4 rings (SSSR count). The highest BCUT2D eigenvalue weighted by atomic mass is 32.2. The normalized spacial score (nSPS) is 16.2. The number of carbonyl (C=O) groups is 1. The number of carbonyl (C=O) groups excluding carboxylic acids is 1. The first-order valence-electron chi connectivity index (χ1n) is 9.62. The molecule has 1 amide bonds. The van der Waals surface area contributed by atoms with Crippen LogP contribution in [0.3, 0.4) is 0 Å². The van der Waals surface area contributed by atoms with Crippen LogP contribution in [0.4, 0.5) is 5.69 Å². The number of amides is 1. The minimum atomic E-state index is -3.50. The highest BCUT2D eigenvalue weighted by Gasteiger charge is 2.27. The van der Waals surface area contributed by atoms with E-state index in [0.717, 1.165) is 23.9 Å². The maximum Gasteiger partial charge on any atom is 0.246 e. The molecular formula is C20H23N5O3S. The van der Waals surface area contributed by atoms with Gasteiger partial charge in [0.05, 0.1) is 10.4 Å². The lowest BCUT2D eigenvalue weighted by Crippen LogP contribution is -2.37. The molecule has 0 saturated carbocycles. The molecule has 3 aromatic rings. The molecule has 1 aliphatic heterocycles. The number of nitrogens with one attached hydrogen (secondary N) is 1. The van der Waals surface area contributed by atoms with Crippen molar-refractivity contribution in [3.8, 4) is 0 Å². The van der Waals surface area contributed by atoms with Gasteiger partial charge in [-0.05, 0) is 55.2 Å². The molecule has 2 aromatic carbocycles. The van der Waals surface area contributed by atoms with E-state index in [9.17, 15) is 13.2 Å². The third-order valence-corrected chi connectivity index (χ3v) is 7.14. The van der Waals surface area contributed by atoms with Gasteiger partial charge < -0.3 is 5.32 Å². The van der Waals surface area contributed by atoms with Crippen LogP contribution in [0.5, 0.6) is 0 Å². The van der Waals surface area contributed by atoms with Crippen molar-refractivity contribution in [2.45, 2.75) is 31.2 Å². The van der Waals surface area contributed by atoms with Gasteiger partial charge in [-0.2, -0.15) is 4.31 Å². The minimum absolute atomic E-state index is 0.0204. The van der Waals surface area contributed by atoms with Crippen molar-refractivity contribution < 1.29 is 13.2 Å². The van der Waals surface area contributed by atoms with Gasteiger partial charge in [0.2, 0.25) is 15.9 Å². The number of benzene rings is 2. The maximum atomic E-state index is 12.8. The number of sulfonamides is 1. The molecule has 2 heterocycles. The summed E-state index contributed by atoms with van der Waals surface area (Å²) in [6.07, 6.45) is 1.76. The van der Waals surface area contributed by atoms with Gasteiger partial charge in [-0.15, -0.1) is 5.10 Å². The third kappa shape index (κ3) is 4.15. The Balaban J connectivity index is 1.42. The zero-order chi connectivity index (χ0) is 20.4. The number of nitrogens with zero attached hydrogens (tertiary/aromatic N) is 4. The number of hydrogen-bond acceptors (Lipinski definition) is 5. The van der Waals surface area contributed by atoms with Gasteiger partial charge >= 0.3 is 0 Å². The summed E-state index contributed by atoms with van der Waals surface area (Å²) in [5.41, 5.74) is 2.03. The van der Waals surface area contributed by atoms with E-state index >= 15 is 0 Å². The molecule has 1 aliphatic rings. The molecule has 29 heavy (non-hydrogen) atoms. The van der Waals surface area contributed by atoms with Crippen LogP contribution in [0.15, 0.2) is 53.4 Å². The molecule has 1 N–H and O–H groups in total. The average Bonchev–Trinajstić information content (AvgIpc) is 3.11. The summed E-state index contributed by atoms with van der Waals surface area (Å²) >= 11 is 0. The molecule has 1 fully saturated rings. The van der Waals surface area contributed by atoms with E-state index in [1.807, 2.05) is 24.3 Å². The molecule has 0 unspecified atom stereocenters. The molecule has 0 radical (unpaired) electrons. The quantitative estimate of drug-likeness (QED) is 0.693. The topological polar surface area (TPSA) is 97.2 Å². The molecule has 8 nitrogen and oxygen atoms in total. The number of anilines is 1. The first kappa shape index (κ1) is 19.5. The van der Waals surface area contributed by atoms with E-state index in [1.54, 1.807) is 12.1 Å². The van der Waals surface area contributed by atoms with Crippen molar-refractivity contribution >= 4 is 32.7 Å². The van der Waals surface area contributed by atoms with Crippen molar-refractivity contribution in [2.75, 3.05) is 18.4 Å². The molecule has 0 bridgehead atoms. The van der Waals surface area contributed by atoms with Crippen LogP contribution in [-0.2, 0) is 21.4 Å². The second kappa shape index (κ2) is 7.92. The zero-order valence-electron chi connectivity index (χ0n) is 16.2. The fraction of sp³-hybridized carbons (Fsp3) is 0.350. The first-order chi connectivity index (χ1) is 13.9. The second-order valence-electron chi connectivity index (χ2n) is 7.39. The fourth-order valence-electron chi connectivity index (χ4n) is 3.46. The monoisotopic (exact) mass is 413 g/mol. The second-order valence-corrected chi connectivity index (χ2v) is 9.33. The van der Waals surface area contributed by atoms with Crippen LogP contribution in [0.2, 0.25) is 0 Å². The molecule has 1 aromatic heterocycles. The van der Waals surface area contributed by atoms with Crippen LogP contribution < -0.4 is 5.32 Å². The number of piperidine rings is 1. The van der Waals surface area contributed by atoms with Crippen LogP contribution >= 0.6 is 0 Å². The number of rotatable bonds is 5. The smallest absolute Gasteiger partial charge is 0.246 e.